The molecule has 180 valence electrons. The van der Waals surface area contributed by atoms with Crippen LogP contribution >= 0.6 is 15.9 Å². The molecule has 2 heterocycles. The predicted molar refractivity (Wildman–Crippen MR) is 131 cm³/mol. The number of benzene rings is 3. The summed E-state index contributed by atoms with van der Waals surface area (Å²) in [6.07, 6.45) is -0.928. The maximum atomic E-state index is 13.8. The highest BCUT2D eigenvalue weighted by atomic mass is 79.9. The summed E-state index contributed by atoms with van der Waals surface area (Å²) in [4.78, 5) is 56.3. The van der Waals surface area contributed by atoms with Gasteiger partial charge in [0.05, 0.1) is 31.6 Å². The number of hydrogen-bond acceptors (Lipinski definition) is 6. The van der Waals surface area contributed by atoms with Gasteiger partial charge < -0.3 is 9.47 Å². The average Bonchev–Trinajstić information content (AvgIpc) is 3.46. The summed E-state index contributed by atoms with van der Waals surface area (Å²) in [5.41, 5.74) is -0.291. The third-order valence-corrected chi connectivity index (χ3v) is 7.84. The Morgan fingerprint density at radius 1 is 0.861 bits per heavy atom. The summed E-state index contributed by atoms with van der Waals surface area (Å²) in [5.74, 6) is -3.76. The number of rotatable bonds is 4. The molecular weight excluding hydrogens is 526 g/mol. The molecule has 3 atom stereocenters. The number of ether oxygens (including phenoxy) is 2. The Morgan fingerprint density at radius 3 is 2.06 bits per heavy atom. The first-order chi connectivity index (χ1) is 17.4. The number of Topliss-reactive ketones (excluding diaryl/α,β-unsaturated/α-hetero) is 2. The van der Waals surface area contributed by atoms with E-state index in [-0.39, 0.29) is 17.7 Å². The lowest BCUT2D eigenvalue weighted by molar-refractivity contribution is -0.145. The third-order valence-electron chi connectivity index (χ3n) is 7.31. The minimum absolute atomic E-state index is 0.0210. The molecule has 6 rings (SSSR count). The second-order valence-electron chi connectivity index (χ2n) is 9.14. The maximum absolute atomic E-state index is 13.8. The standard InChI is InChI=1S/C28H20BrNO6/c1-35-18-12-6-15(7-13-18)14-30-26(33)21-22(27(30)34)28(36-23(21)16-8-10-17(29)11-9-16)24(31)19-4-2-3-5-20(19)25(28)32/h2-13,21-23H,14H2,1H3/t21-,22-,23-/m0/s1. The molecular formula is C28H20BrNO6. The Kier molecular flexibility index (Phi) is 5.21. The van der Waals surface area contributed by atoms with Gasteiger partial charge in [-0.15, -0.1) is 0 Å². The molecule has 36 heavy (non-hydrogen) atoms. The molecule has 2 fully saturated rings. The van der Waals surface area contributed by atoms with E-state index < -0.39 is 46.9 Å². The van der Waals surface area contributed by atoms with Crippen LogP contribution in [0.25, 0.3) is 0 Å². The summed E-state index contributed by atoms with van der Waals surface area (Å²) in [5, 5.41) is 0. The Bertz CT molecular complexity index is 1400. The molecule has 7 nitrogen and oxygen atoms in total. The second kappa shape index (κ2) is 8.21. The Labute approximate surface area is 215 Å². The molecule has 0 unspecified atom stereocenters. The quantitative estimate of drug-likeness (QED) is 0.361. The van der Waals surface area contributed by atoms with Gasteiger partial charge >= 0.3 is 0 Å². The fraction of sp³-hybridized carbons (Fsp3) is 0.214. The van der Waals surface area contributed by atoms with Crippen molar-refractivity contribution in [2.45, 2.75) is 18.2 Å². The van der Waals surface area contributed by atoms with Crippen LogP contribution in [0.4, 0.5) is 0 Å². The molecule has 3 aromatic rings. The Hall–Kier alpha value is -3.62. The van der Waals surface area contributed by atoms with Crippen LogP contribution in [0.2, 0.25) is 0 Å². The van der Waals surface area contributed by atoms with E-state index >= 15 is 0 Å². The van der Waals surface area contributed by atoms with Crippen LogP contribution in [-0.2, 0) is 20.9 Å². The number of fused-ring (bicyclic) bond motifs is 3. The predicted octanol–water partition coefficient (Wildman–Crippen LogP) is 4.15. The molecule has 0 radical (unpaired) electrons. The highest BCUT2D eigenvalue weighted by molar-refractivity contribution is 9.10. The number of carbonyl (C=O) groups excluding carboxylic acids is 4. The van der Waals surface area contributed by atoms with Crippen molar-refractivity contribution >= 4 is 39.3 Å². The van der Waals surface area contributed by atoms with E-state index in [9.17, 15) is 19.2 Å². The van der Waals surface area contributed by atoms with Crippen molar-refractivity contribution in [2.24, 2.45) is 11.8 Å². The average molecular weight is 546 g/mol. The Balaban J connectivity index is 1.45. The van der Waals surface area contributed by atoms with Crippen molar-refractivity contribution in [1.29, 1.82) is 0 Å². The second-order valence-corrected chi connectivity index (χ2v) is 10.1. The summed E-state index contributed by atoms with van der Waals surface area (Å²) in [7, 11) is 1.55. The molecule has 0 saturated carbocycles. The first-order valence-corrected chi connectivity index (χ1v) is 12.3. The lowest BCUT2D eigenvalue weighted by atomic mass is 9.77. The lowest BCUT2D eigenvalue weighted by Crippen LogP contribution is -2.50. The van der Waals surface area contributed by atoms with E-state index in [1.54, 1.807) is 79.9 Å². The van der Waals surface area contributed by atoms with Gasteiger partial charge in [0.2, 0.25) is 29.0 Å². The summed E-state index contributed by atoms with van der Waals surface area (Å²) >= 11 is 3.40. The smallest absolute Gasteiger partial charge is 0.237 e. The van der Waals surface area contributed by atoms with E-state index in [0.29, 0.717) is 11.3 Å². The van der Waals surface area contributed by atoms with Crippen LogP contribution in [-0.4, -0.2) is 41.0 Å². The molecule has 0 bridgehead atoms. The van der Waals surface area contributed by atoms with Crippen molar-refractivity contribution in [3.8, 4) is 5.75 Å². The first-order valence-electron chi connectivity index (χ1n) is 11.5. The van der Waals surface area contributed by atoms with Crippen LogP contribution in [0.1, 0.15) is 37.9 Å². The normalized spacial score (nSPS) is 23.9. The third kappa shape index (κ3) is 3.07. The Morgan fingerprint density at radius 2 is 1.47 bits per heavy atom. The van der Waals surface area contributed by atoms with E-state index in [2.05, 4.69) is 15.9 Å². The maximum Gasteiger partial charge on any atom is 0.237 e. The fourth-order valence-electron chi connectivity index (χ4n) is 5.60. The minimum Gasteiger partial charge on any atom is -0.497 e. The SMILES string of the molecule is COc1ccc(CN2C(=O)[C@H]3[C@@H](C2=O)C2(O[C@H]3c3ccc(Br)cc3)C(=O)c3ccccc3C2=O)cc1. The van der Waals surface area contributed by atoms with Crippen LogP contribution in [0.3, 0.4) is 0 Å². The minimum atomic E-state index is -2.06. The van der Waals surface area contributed by atoms with Gasteiger partial charge in [0.1, 0.15) is 5.75 Å². The molecule has 3 aromatic carbocycles. The van der Waals surface area contributed by atoms with Crippen molar-refractivity contribution in [3.05, 3.63) is 99.5 Å². The number of amides is 2. The van der Waals surface area contributed by atoms with Crippen molar-refractivity contribution in [3.63, 3.8) is 0 Å². The van der Waals surface area contributed by atoms with E-state index in [0.717, 1.165) is 14.9 Å². The molecule has 8 heteroatoms. The highest BCUT2D eigenvalue weighted by Crippen LogP contribution is 2.57. The summed E-state index contributed by atoms with van der Waals surface area (Å²) in [6, 6.07) is 20.6. The number of halogens is 1. The number of methoxy groups -OCH3 is 1. The molecule has 1 aliphatic carbocycles. The van der Waals surface area contributed by atoms with Gasteiger partial charge in [-0.3, -0.25) is 24.1 Å². The van der Waals surface area contributed by atoms with E-state index in [1.807, 2.05) is 0 Å². The van der Waals surface area contributed by atoms with Crippen LogP contribution in [0.5, 0.6) is 5.75 Å². The van der Waals surface area contributed by atoms with Gasteiger partial charge in [-0.05, 0) is 35.4 Å². The number of likely N-dealkylation sites (tertiary alicyclic amines) is 1. The summed E-state index contributed by atoms with van der Waals surface area (Å²) in [6.45, 7) is 0.0210. The van der Waals surface area contributed by atoms with Crippen LogP contribution < -0.4 is 4.74 Å². The monoisotopic (exact) mass is 545 g/mol. The van der Waals surface area contributed by atoms with E-state index in [1.165, 1.54) is 0 Å². The van der Waals surface area contributed by atoms with Crippen molar-refractivity contribution in [1.82, 2.24) is 4.90 Å². The molecule has 2 aliphatic heterocycles. The van der Waals surface area contributed by atoms with E-state index in [4.69, 9.17) is 9.47 Å². The van der Waals surface area contributed by atoms with Gasteiger partial charge in [0, 0.05) is 15.6 Å². The largest absolute Gasteiger partial charge is 0.497 e. The topological polar surface area (TPSA) is 90.0 Å². The van der Waals surface area contributed by atoms with Gasteiger partial charge in [-0.25, -0.2) is 0 Å². The number of ketones is 2. The number of nitrogens with zero attached hydrogens (tertiary/aromatic N) is 1. The number of imide groups is 1. The van der Waals surface area contributed by atoms with Crippen molar-refractivity contribution < 1.29 is 28.7 Å². The first kappa shape index (κ1) is 22.8. The van der Waals surface area contributed by atoms with Crippen LogP contribution in [0.15, 0.2) is 77.3 Å². The zero-order valence-corrected chi connectivity index (χ0v) is 20.7. The van der Waals surface area contributed by atoms with Crippen LogP contribution in [0, 0.1) is 11.8 Å². The van der Waals surface area contributed by atoms with Gasteiger partial charge in [-0.2, -0.15) is 0 Å². The molecule has 2 amide bonds. The zero-order valence-electron chi connectivity index (χ0n) is 19.1. The van der Waals surface area contributed by atoms with Gasteiger partial charge in [-0.1, -0.05) is 64.5 Å². The van der Waals surface area contributed by atoms with Gasteiger partial charge in [0.25, 0.3) is 0 Å². The fourth-order valence-corrected chi connectivity index (χ4v) is 5.86. The summed E-state index contributed by atoms with van der Waals surface area (Å²) < 4.78 is 12.3. The molecule has 0 aromatic heterocycles. The molecule has 3 aliphatic rings. The zero-order chi connectivity index (χ0) is 25.2. The van der Waals surface area contributed by atoms with Gasteiger partial charge in [0.15, 0.2) is 0 Å². The molecule has 2 saturated heterocycles. The highest BCUT2D eigenvalue weighted by Gasteiger charge is 2.74. The van der Waals surface area contributed by atoms with Crippen molar-refractivity contribution in [2.75, 3.05) is 7.11 Å². The molecule has 1 spiro atoms. The number of carbonyl (C=O) groups is 4. The molecule has 0 N–H and O–H groups in total. The lowest BCUT2D eigenvalue weighted by Gasteiger charge is -2.27. The number of hydrogen-bond donors (Lipinski definition) is 0.